The van der Waals surface area contributed by atoms with Crippen molar-refractivity contribution in [3.63, 3.8) is 0 Å². The first kappa shape index (κ1) is 11.9. The van der Waals surface area contributed by atoms with Gasteiger partial charge in [-0.2, -0.15) is 0 Å². The summed E-state index contributed by atoms with van der Waals surface area (Å²) in [5.74, 6) is 1.27. The molecule has 0 aromatic heterocycles. The molecular weight excluding hydrogens is 364 g/mol. The fourth-order valence-corrected chi connectivity index (χ4v) is 6.34. The average Bonchev–Trinajstić information content (AvgIpc) is 2.93. The molecule has 1 saturated heterocycles. The molecule has 18 heavy (non-hydrogen) atoms. The smallest absolute Gasteiger partial charge is 0.317 e. The van der Waals surface area contributed by atoms with E-state index in [-0.39, 0.29) is 23.8 Å². The van der Waals surface area contributed by atoms with Crippen LogP contribution in [0.2, 0.25) is 0 Å². The molecule has 4 fully saturated rings. The molecule has 3 nitrogen and oxygen atoms in total. The quantitative estimate of drug-likeness (QED) is 0.370. The van der Waals surface area contributed by atoms with Gasteiger partial charge in [0, 0.05) is 9.65 Å². The van der Waals surface area contributed by atoms with Gasteiger partial charge >= 0.3 is 11.9 Å². The van der Waals surface area contributed by atoms with Crippen LogP contribution in [0, 0.1) is 35.5 Å². The third-order valence-electron chi connectivity index (χ3n) is 5.64. The van der Waals surface area contributed by atoms with Crippen molar-refractivity contribution in [3.05, 3.63) is 0 Å². The highest BCUT2D eigenvalue weighted by atomic mass is 79.9. The van der Waals surface area contributed by atoms with E-state index in [1.807, 2.05) is 0 Å². The fourth-order valence-electron chi connectivity index (χ4n) is 5.05. The summed E-state index contributed by atoms with van der Waals surface area (Å²) in [4.78, 5) is 24.6. The number of alkyl halides is 2. The summed E-state index contributed by atoms with van der Waals surface area (Å²) in [6.45, 7) is 0. The molecule has 0 spiro atoms. The lowest BCUT2D eigenvalue weighted by atomic mass is 9.64. The molecular formula is C13H14Br2O3. The van der Waals surface area contributed by atoms with Gasteiger partial charge in [-0.15, -0.1) is 0 Å². The Morgan fingerprint density at radius 3 is 1.67 bits per heavy atom. The Labute approximate surface area is 122 Å². The second-order valence-corrected chi connectivity index (χ2v) is 8.54. The summed E-state index contributed by atoms with van der Waals surface area (Å²) >= 11 is 7.46. The summed E-state index contributed by atoms with van der Waals surface area (Å²) in [5, 5.41) is 0. The second kappa shape index (κ2) is 3.81. The molecule has 0 N–H and O–H groups in total. The normalized spacial score (nSPS) is 57.4. The van der Waals surface area contributed by atoms with Crippen LogP contribution in [0.15, 0.2) is 0 Å². The number of ether oxygens (including phenoxy) is 1. The molecule has 4 rings (SSSR count). The first-order valence-electron chi connectivity index (χ1n) is 6.61. The van der Waals surface area contributed by atoms with Gasteiger partial charge in [0.25, 0.3) is 0 Å². The minimum absolute atomic E-state index is 0.115. The highest BCUT2D eigenvalue weighted by Gasteiger charge is 2.67. The van der Waals surface area contributed by atoms with Crippen molar-refractivity contribution in [2.24, 2.45) is 35.5 Å². The molecule has 0 amide bonds. The van der Waals surface area contributed by atoms with Crippen molar-refractivity contribution in [3.8, 4) is 0 Å². The number of carbonyl (C=O) groups is 2. The molecule has 98 valence electrons. The first-order chi connectivity index (χ1) is 8.58. The third kappa shape index (κ3) is 1.35. The Bertz CT molecular complexity index is 400. The van der Waals surface area contributed by atoms with Gasteiger partial charge in [-0.1, -0.05) is 31.9 Å². The maximum absolute atomic E-state index is 11.8. The zero-order valence-corrected chi connectivity index (χ0v) is 12.9. The highest BCUT2D eigenvalue weighted by Crippen LogP contribution is 2.65. The summed E-state index contributed by atoms with van der Waals surface area (Å²) in [7, 11) is 0. The summed E-state index contributed by atoms with van der Waals surface area (Å²) in [6, 6.07) is 0. The van der Waals surface area contributed by atoms with Gasteiger partial charge in [0.15, 0.2) is 0 Å². The van der Waals surface area contributed by atoms with Gasteiger partial charge in [0.1, 0.15) is 0 Å². The molecule has 0 radical (unpaired) electrons. The Morgan fingerprint density at radius 1 is 0.778 bits per heavy atom. The molecule has 3 aliphatic carbocycles. The molecule has 5 heteroatoms. The molecule has 1 aliphatic heterocycles. The standard InChI is InChI=1S/C13H14Br2O3/c14-8-2-4-5(3-9(8)15)7-1-6(4)10-11(7)13(17)18-12(10)16/h4-11H,1-3H2. The monoisotopic (exact) mass is 376 g/mol. The average molecular weight is 378 g/mol. The van der Waals surface area contributed by atoms with Crippen molar-refractivity contribution in [2.75, 3.05) is 0 Å². The third-order valence-corrected chi connectivity index (χ3v) is 8.37. The van der Waals surface area contributed by atoms with Crippen molar-refractivity contribution >= 4 is 43.8 Å². The maximum atomic E-state index is 11.8. The van der Waals surface area contributed by atoms with E-state index >= 15 is 0 Å². The highest BCUT2D eigenvalue weighted by molar-refractivity contribution is 9.12. The van der Waals surface area contributed by atoms with Crippen LogP contribution in [-0.4, -0.2) is 21.6 Å². The lowest BCUT2D eigenvalue weighted by Crippen LogP contribution is -2.43. The van der Waals surface area contributed by atoms with Gasteiger partial charge < -0.3 is 4.74 Å². The van der Waals surface area contributed by atoms with Crippen LogP contribution < -0.4 is 0 Å². The Hall–Kier alpha value is 0.1000. The first-order valence-corrected chi connectivity index (χ1v) is 8.44. The SMILES string of the molecule is O=C1OC(=O)C2C3CC(C4CC(Br)C(Br)CC43)C12. The summed E-state index contributed by atoms with van der Waals surface area (Å²) in [6.07, 6.45) is 3.30. The Kier molecular flexibility index (Phi) is 2.52. The van der Waals surface area contributed by atoms with Crippen LogP contribution in [0.1, 0.15) is 19.3 Å². The zero-order valence-electron chi connectivity index (χ0n) is 9.72. The maximum Gasteiger partial charge on any atom is 0.317 e. The number of carbonyl (C=O) groups excluding carboxylic acids is 2. The Morgan fingerprint density at radius 2 is 1.22 bits per heavy atom. The van der Waals surface area contributed by atoms with Gasteiger partial charge in [0.2, 0.25) is 0 Å². The van der Waals surface area contributed by atoms with E-state index in [1.165, 1.54) is 0 Å². The molecule has 8 atom stereocenters. The van der Waals surface area contributed by atoms with Gasteiger partial charge in [0.05, 0.1) is 11.8 Å². The number of esters is 2. The van der Waals surface area contributed by atoms with E-state index in [2.05, 4.69) is 31.9 Å². The fraction of sp³-hybridized carbons (Fsp3) is 0.846. The second-order valence-electron chi connectivity index (χ2n) is 6.19. The lowest BCUT2D eigenvalue weighted by Gasteiger charge is -2.42. The molecule has 0 aromatic rings. The molecule has 0 aromatic carbocycles. The van der Waals surface area contributed by atoms with Crippen molar-refractivity contribution in [2.45, 2.75) is 28.9 Å². The van der Waals surface area contributed by atoms with Crippen molar-refractivity contribution in [1.29, 1.82) is 0 Å². The van der Waals surface area contributed by atoms with E-state index in [0.29, 0.717) is 33.3 Å². The molecule has 1 heterocycles. The molecule has 2 bridgehead atoms. The predicted octanol–water partition coefficient (Wildman–Crippen LogP) is 2.51. The van der Waals surface area contributed by atoms with Gasteiger partial charge in [-0.3, -0.25) is 9.59 Å². The minimum atomic E-state index is -0.247. The number of halogens is 2. The van der Waals surface area contributed by atoms with Crippen LogP contribution >= 0.6 is 31.9 Å². The number of rotatable bonds is 0. The van der Waals surface area contributed by atoms with Crippen LogP contribution in [0.4, 0.5) is 0 Å². The van der Waals surface area contributed by atoms with E-state index in [9.17, 15) is 9.59 Å². The predicted molar refractivity (Wildman–Crippen MR) is 71.3 cm³/mol. The van der Waals surface area contributed by atoms with Crippen molar-refractivity contribution < 1.29 is 14.3 Å². The number of hydrogen-bond acceptors (Lipinski definition) is 3. The number of cyclic esters (lactones) is 2. The minimum Gasteiger partial charge on any atom is -0.393 e. The summed E-state index contributed by atoms with van der Waals surface area (Å²) < 4.78 is 4.87. The van der Waals surface area contributed by atoms with E-state index < -0.39 is 0 Å². The van der Waals surface area contributed by atoms with Crippen LogP contribution in [0.25, 0.3) is 0 Å². The number of hydrogen-bond donors (Lipinski definition) is 0. The topological polar surface area (TPSA) is 43.4 Å². The van der Waals surface area contributed by atoms with Crippen molar-refractivity contribution in [1.82, 2.24) is 0 Å². The largest absolute Gasteiger partial charge is 0.393 e. The van der Waals surface area contributed by atoms with Crippen LogP contribution in [-0.2, 0) is 14.3 Å². The van der Waals surface area contributed by atoms with E-state index in [0.717, 1.165) is 19.3 Å². The zero-order chi connectivity index (χ0) is 12.6. The Balaban J connectivity index is 1.69. The van der Waals surface area contributed by atoms with E-state index in [1.54, 1.807) is 0 Å². The van der Waals surface area contributed by atoms with Gasteiger partial charge in [-0.25, -0.2) is 0 Å². The molecule has 8 unspecified atom stereocenters. The lowest BCUT2D eigenvalue weighted by molar-refractivity contribution is -0.154. The van der Waals surface area contributed by atoms with E-state index in [4.69, 9.17) is 4.74 Å². The molecule has 3 saturated carbocycles. The van der Waals surface area contributed by atoms with Crippen LogP contribution in [0.5, 0.6) is 0 Å². The molecule has 4 aliphatic rings. The summed E-state index contributed by atoms with van der Waals surface area (Å²) in [5.41, 5.74) is 0. The van der Waals surface area contributed by atoms with Gasteiger partial charge in [-0.05, 0) is 42.9 Å². The van der Waals surface area contributed by atoms with Crippen LogP contribution in [0.3, 0.4) is 0 Å². The number of fused-ring (bicyclic) bond motifs is 8.